The predicted molar refractivity (Wildman–Crippen MR) is 51.8 cm³/mol. The topological polar surface area (TPSA) is 35.5 Å². The Morgan fingerprint density at radius 2 is 2.14 bits per heavy atom. The first kappa shape index (κ1) is 10.1. The summed E-state index contributed by atoms with van der Waals surface area (Å²) in [6, 6.07) is 0. The molecule has 0 bridgehead atoms. The Morgan fingerprint density at radius 1 is 1.43 bits per heavy atom. The van der Waals surface area contributed by atoms with Gasteiger partial charge in [0.05, 0.1) is 0 Å². The van der Waals surface area contributed by atoms with Crippen molar-refractivity contribution in [3.63, 3.8) is 0 Å². The summed E-state index contributed by atoms with van der Waals surface area (Å²) < 4.78 is 10.2. The van der Waals surface area contributed by atoms with Crippen molar-refractivity contribution < 1.29 is 14.3 Å². The zero-order valence-corrected chi connectivity index (χ0v) is 9.08. The fourth-order valence-corrected chi connectivity index (χ4v) is 2.75. The minimum Gasteiger partial charge on any atom is -0.359 e. The molecule has 0 spiro atoms. The average Bonchev–Trinajstić information content (AvgIpc) is 2.65. The summed E-state index contributed by atoms with van der Waals surface area (Å²) in [5, 5.41) is 0. The molecule has 14 heavy (non-hydrogen) atoms. The highest BCUT2D eigenvalue weighted by Gasteiger charge is 2.61. The van der Waals surface area contributed by atoms with E-state index in [-0.39, 0.29) is 18.7 Å². The third-order valence-corrected chi connectivity index (χ3v) is 3.92. The molecular weight excluding hydrogens is 180 g/mol. The van der Waals surface area contributed by atoms with Crippen LogP contribution in [0.15, 0.2) is 0 Å². The Balaban J connectivity index is 1.93. The van der Waals surface area contributed by atoms with Gasteiger partial charge in [0.25, 0.3) is 0 Å². The second-order valence-electron chi connectivity index (χ2n) is 5.00. The van der Waals surface area contributed by atoms with Crippen LogP contribution in [0.3, 0.4) is 0 Å². The second kappa shape index (κ2) is 3.31. The number of ether oxygens (including phenoxy) is 2. The Morgan fingerprint density at radius 3 is 2.79 bits per heavy atom. The van der Waals surface area contributed by atoms with Crippen LogP contribution in [0.2, 0.25) is 0 Å². The second-order valence-corrected chi connectivity index (χ2v) is 5.00. The molecule has 0 aromatic heterocycles. The summed E-state index contributed by atoms with van der Waals surface area (Å²) in [6.07, 6.45) is 1.38. The van der Waals surface area contributed by atoms with E-state index in [1.54, 1.807) is 7.11 Å². The quantitative estimate of drug-likeness (QED) is 0.646. The highest BCUT2D eigenvalue weighted by Crippen LogP contribution is 2.64. The number of carbonyl (C=O) groups excluding carboxylic acids is 1. The summed E-state index contributed by atoms with van der Waals surface area (Å²) in [7, 11) is 1.58. The Bertz CT molecular complexity index is 247. The van der Waals surface area contributed by atoms with Crippen molar-refractivity contribution >= 4 is 5.78 Å². The van der Waals surface area contributed by atoms with Crippen molar-refractivity contribution in [3.05, 3.63) is 0 Å². The molecule has 0 amide bonds. The van der Waals surface area contributed by atoms with Gasteiger partial charge in [-0.2, -0.15) is 0 Å². The summed E-state index contributed by atoms with van der Waals surface area (Å²) >= 11 is 0. The van der Waals surface area contributed by atoms with Gasteiger partial charge in [-0.1, -0.05) is 13.8 Å². The lowest BCUT2D eigenvalue weighted by Crippen LogP contribution is -2.29. The van der Waals surface area contributed by atoms with E-state index >= 15 is 0 Å². The zero-order valence-electron chi connectivity index (χ0n) is 9.08. The predicted octanol–water partition coefficient (Wildman–Crippen LogP) is 1.61. The summed E-state index contributed by atoms with van der Waals surface area (Å²) in [6.45, 7) is 4.72. The number of ketones is 1. The number of fused-ring (bicyclic) bond motifs is 1. The van der Waals surface area contributed by atoms with Crippen LogP contribution in [0.1, 0.15) is 26.7 Å². The molecule has 0 radical (unpaired) electrons. The molecule has 2 rings (SSSR count). The zero-order chi connectivity index (χ0) is 10.3. The van der Waals surface area contributed by atoms with E-state index in [1.807, 2.05) is 0 Å². The van der Waals surface area contributed by atoms with Gasteiger partial charge in [0.15, 0.2) is 5.78 Å². The van der Waals surface area contributed by atoms with E-state index in [9.17, 15) is 4.79 Å². The molecule has 2 fully saturated rings. The van der Waals surface area contributed by atoms with Crippen LogP contribution < -0.4 is 0 Å². The van der Waals surface area contributed by atoms with Crippen molar-refractivity contribution in [1.29, 1.82) is 0 Å². The van der Waals surface area contributed by atoms with Crippen molar-refractivity contribution in [2.75, 3.05) is 13.9 Å². The van der Waals surface area contributed by atoms with Gasteiger partial charge in [0, 0.05) is 13.5 Å². The number of methoxy groups -OCH3 is 1. The van der Waals surface area contributed by atoms with E-state index in [2.05, 4.69) is 13.8 Å². The fourth-order valence-electron chi connectivity index (χ4n) is 2.75. The Hall–Kier alpha value is -0.410. The smallest absolute Gasteiger partial charge is 0.161 e. The number of hydrogen-bond acceptors (Lipinski definition) is 3. The van der Waals surface area contributed by atoms with Crippen molar-refractivity contribution in [2.45, 2.75) is 32.8 Å². The molecule has 0 aromatic carbocycles. The molecule has 80 valence electrons. The van der Waals surface area contributed by atoms with E-state index in [4.69, 9.17) is 9.47 Å². The molecule has 3 nitrogen and oxygen atoms in total. The minimum absolute atomic E-state index is 0.210. The lowest BCUT2D eigenvalue weighted by molar-refractivity contribution is -0.143. The van der Waals surface area contributed by atoms with Gasteiger partial charge in [-0.3, -0.25) is 4.79 Å². The van der Waals surface area contributed by atoms with Gasteiger partial charge >= 0.3 is 0 Å². The summed E-state index contributed by atoms with van der Waals surface area (Å²) in [5.74, 6) is 1.55. The standard InChI is InChI=1S/C11H18O3/c1-11(2)7-4-9(12)10(5-8(7)11)14-6-13-3/h7-8,10H,4-6H2,1-3H3/t7-,8-,10-/m1/s1. The van der Waals surface area contributed by atoms with E-state index in [0.29, 0.717) is 23.7 Å². The van der Waals surface area contributed by atoms with Crippen LogP contribution in [0.4, 0.5) is 0 Å². The minimum atomic E-state index is -0.210. The van der Waals surface area contributed by atoms with Crippen LogP contribution in [-0.4, -0.2) is 25.8 Å². The van der Waals surface area contributed by atoms with Gasteiger partial charge in [-0.15, -0.1) is 0 Å². The summed E-state index contributed by atoms with van der Waals surface area (Å²) in [5.41, 5.74) is 0.362. The number of rotatable bonds is 3. The van der Waals surface area contributed by atoms with Gasteiger partial charge in [-0.25, -0.2) is 0 Å². The fraction of sp³-hybridized carbons (Fsp3) is 0.909. The molecular formula is C11H18O3. The highest BCUT2D eigenvalue weighted by molar-refractivity contribution is 5.85. The third kappa shape index (κ3) is 1.48. The van der Waals surface area contributed by atoms with E-state index < -0.39 is 0 Å². The Kier molecular flexibility index (Phi) is 2.40. The monoisotopic (exact) mass is 198 g/mol. The van der Waals surface area contributed by atoms with E-state index in [0.717, 1.165) is 6.42 Å². The maximum Gasteiger partial charge on any atom is 0.161 e. The normalized spacial score (nSPS) is 39.4. The lowest BCUT2D eigenvalue weighted by atomic mass is 9.96. The van der Waals surface area contributed by atoms with Gasteiger partial charge in [-0.05, 0) is 23.7 Å². The average molecular weight is 198 g/mol. The maximum atomic E-state index is 11.6. The number of Topliss-reactive ketones (excluding diaryl/α,β-unsaturated/α-hetero) is 1. The van der Waals surface area contributed by atoms with Crippen LogP contribution in [0.25, 0.3) is 0 Å². The molecule has 0 aromatic rings. The molecule has 0 heterocycles. The van der Waals surface area contributed by atoms with Crippen LogP contribution in [0, 0.1) is 17.3 Å². The number of hydrogen-bond donors (Lipinski definition) is 0. The SMILES string of the molecule is COCO[C@@H]1C[C@@H]2[C@@H](CC1=O)C2(C)C. The molecule has 3 atom stereocenters. The van der Waals surface area contributed by atoms with Crippen molar-refractivity contribution in [2.24, 2.45) is 17.3 Å². The van der Waals surface area contributed by atoms with Crippen LogP contribution in [0.5, 0.6) is 0 Å². The van der Waals surface area contributed by atoms with Crippen molar-refractivity contribution in [1.82, 2.24) is 0 Å². The first-order valence-electron chi connectivity index (χ1n) is 5.20. The first-order chi connectivity index (χ1) is 6.57. The molecule has 2 aliphatic carbocycles. The maximum absolute atomic E-state index is 11.6. The van der Waals surface area contributed by atoms with Gasteiger partial charge < -0.3 is 9.47 Å². The lowest BCUT2D eigenvalue weighted by Gasteiger charge is -2.19. The molecule has 0 unspecified atom stereocenters. The first-order valence-corrected chi connectivity index (χ1v) is 5.20. The van der Waals surface area contributed by atoms with Crippen LogP contribution in [-0.2, 0) is 14.3 Å². The van der Waals surface area contributed by atoms with E-state index in [1.165, 1.54) is 0 Å². The van der Waals surface area contributed by atoms with Gasteiger partial charge in [0.1, 0.15) is 12.9 Å². The van der Waals surface area contributed by atoms with Crippen LogP contribution >= 0.6 is 0 Å². The molecule has 0 N–H and O–H groups in total. The largest absolute Gasteiger partial charge is 0.359 e. The van der Waals surface area contributed by atoms with Gasteiger partial charge in [0.2, 0.25) is 0 Å². The molecule has 2 aliphatic rings. The van der Waals surface area contributed by atoms with Crippen molar-refractivity contribution in [3.8, 4) is 0 Å². The number of carbonyl (C=O) groups is 1. The third-order valence-electron chi connectivity index (χ3n) is 3.92. The Labute approximate surface area is 84.8 Å². The summed E-state index contributed by atoms with van der Waals surface area (Å²) in [4.78, 5) is 11.6. The highest BCUT2D eigenvalue weighted by atomic mass is 16.7. The molecule has 0 saturated heterocycles. The molecule has 2 saturated carbocycles. The molecule has 3 heteroatoms. The molecule has 0 aliphatic heterocycles.